The fourth-order valence-electron chi connectivity index (χ4n) is 3.83. The van der Waals surface area contributed by atoms with Crippen LogP contribution in [0.3, 0.4) is 0 Å². The van der Waals surface area contributed by atoms with Crippen LogP contribution in [-0.2, 0) is 13.1 Å². The Morgan fingerprint density at radius 2 is 1.19 bits per heavy atom. The summed E-state index contributed by atoms with van der Waals surface area (Å²) in [5, 5.41) is 19.7. The van der Waals surface area contributed by atoms with E-state index in [0.717, 1.165) is 42.0 Å². The van der Waals surface area contributed by atoms with Crippen molar-refractivity contribution in [3.8, 4) is 11.5 Å². The minimum absolute atomic E-state index is 0.330. The molecule has 0 spiro atoms. The average molecular weight is 282 g/mol. The number of rotatable bonds is 0. The van der Waals surface area contributed by atoms with Crippen molar-refractivity contribution in [1.82, 2.24) is 0 Å². The van der Waals surface area contributed by atoms with Gasteiger partial charge in [-0.15, -0.1) is 0 Å². The van der Waals surface area contributed by atoms with E-state index in [1.165, 1.54) is 11.4 Å². The van der Waals surface area contributed by atoms with Gasteiger partial charge in [-0.1, -0.05) is 0 Å². The van der Waals surface area contributed by atoms with E-state index in [1.54, 1.807) is 0 Å². The second-order valence-electron chi connectivity index (χ2n) is 6.08. The number of benzene rings is 2. The number of fused-ring (bicyclic) bond motifs is 6. The third-order valence-electron chi connectivity index (χ3n) is 4.42. The largest absolute Gasteiger partial charge is 0.508 e. The van der Waals surface area contributed by atoms with Crippen LogP contribution >= 0.6 is 0 Å². The number of hydrogen-bond acceptors (Lipinski definition) is 4. The minimum Gasteiger partial charge on any atom is -0.508 e. The van der Waals surface area contributed by atoms with E-state index in [-0.39, 0.29) is 0 Å². The minimum atomic E-state index is 0.330. The Hall–Kier alpha value is -2.36. The lowest BCUT2D eigenvalue weighted by atomic mass is 9.96. The fraction of sp³-hybridized carbons (Fsp3) is 0.294. The Labute approximate surface area is 123 Å². The predicted octanol–water partition coefficient (Wildman–Crippen LogP) is 3.01. The average Bonchev–Trinajstić information content (AvgIpc) is 2.35. The molecule has 0 saturated heterocycles. The van der Waals surface area contributed by atoms with E-state index < -0.39 is 0 Å². The summed E-state index contributed by atoms with van der Waals surface area (Å²) in [7, 11) is 0. The Morgan fingerprint density at radius 1 is 0.762 bits per heavy atom. The third-order valence-corrected chi connectivity index (χ3v) is 4.42. The summed E-state index contributed by atoms with van der Waals surface area (Å²) in [6.45, 7) is 6.52. The van der Waals surface area contributed by atoms with Crippen LogP contribution in [0.2, 0.25) is 0 Å². The standard InChI is InChI=1S/C17H18N2O2/c1-10-3-14(20)5-12-7-19-9-18(16(10)12)8-13-6-15(21)4-11(2)17(13)19/h3-6,20-21H,7-9H2,1-2H3. The highest BCUT2D eigenvalue weighted by molar-refractivity contribution is 5.73. The number of anilines is 2. The van der Waals surface area contributed by atoms with Crippen molar-refractivity contribution in [3.05, 3.63) is 46.5 Å². The molecule has 0 aromatic heterocycles. The van der Waals surface area contributed by atoms with Gasteiger partial charge in [0.15, 0.2) is 0 Å². The van der Waals surface area contributed by atoms with Gasteiger partial charge < -0.3 is 20.0 Å². The van der Waals surface area contributed by atoms with Crippen molar-refractivity contribution in [2.75, 3.05) is 16.5 Å². The van der Waals surface area contributed by atoms with Gasteiger partial charge in [0.05, 0.1) is 6.67 Å². The van der Waals surface area contributed by atoms with Crippen molar-refractivity contribution < 1.29 is 10.2 Å². The molecule has 2 aromatic rings. The zero-order valence-corrected chi connectivity index (χ0v) is 12.2. The maximum absolute atomic E-state index is 9.85. The van der Waals surface area contributed by atoms with Gasteiger partial charge in [0.1, 0.15) is 11.5 Å². The number of phenols is 2. The van der Waals surface area contributed by atoms with Crippen LogP contribution in [0.4, 0.5) is 11.4 Å². The number of phenolic OH excluding ortho intramolecular Hbond substituents is 2. The quantitative estimate of drug-likeness (QED) is 0.780. The summed E-state index contributed by atoms with van der Waals surface area (Å²) in [5.41, 5.74) is 6.97. The molecule has 2 aliphatic rings. The summed E-state index contributed by atoms with van der Waals surface area (Å²) in [6, 6.07) is 7.36. The van der Waals surface area contributed by atoms with Gasteiger partial charge in [0.25, 0.3) is 0 Å². The molecule has 4 rings (SSSR count). The zero-order valence-electron chi connectivity index (χ0n) is 12.2. The Kier molecular flexibility index (Phi) is 2.40. The Morgan fingerprint density at radius 3 is 1.62 bits per heavy atom. The summed E-state index contributed by atoms with van der Waals surface area (Å²) in [4.78, 5) is 4.63. The van der Waals surface area contributed by atoms with Crippen LogP contribution in [0.25, 0.3) is 0 Å². The van der Waals surface area contributed by atoms with Gasteiger partial charge in [0, 0.05) is 24.5 Å². The molecule has 4 heteroatoms. The smallest absolute Gasteiger partial charge is 0.116 e. The highest BCUT2D eigenvalue weighted by atomic mass is 16.3. The van der Waals surface area contributed by atoms with Gasteiger partial charge >= 0.3 is 0 Å². The van der Waals surface area contributed by atoms with E-state index in [9.17, 15) is 10.2 Å². The predicted molar refractivity (Wildman–Crippen MR) is 82.9 cm³/mol. The maximum atomic E-state index is 9.85. The van der Waals surface area contributed by atoms with E-state index in [2.05, 4.69) is 9.80 Å². The van der Waals surface area contributed by atoms with Gasteiger partial charge in [-0.2, -0.15) is 0 Å². The van der Waals surface area contributed by atoms with Crippen molar-refractivity contribution in [3.63, 3.8) is 0 Å². The van der Waals surface area contributed by atoms with Crippen molar-refractivity contribution in [2.24, 2.45) is 0 Å². The highest BCUT2D eigenvalue weighted by Gasteiger charge is 2.31. The van der Waals surface area contributed by atoms with Crippen molar-refractivity contribution in [2.45, 2.75) is 26.9 Å². The molecule has 0 aliphatic carbocycles. The third kappa shape index (κ3) is 1.75. The molecule has 2 heterocycles. The molecule has 4 nitrogen and oxygen atoms in total. The molecule has 21 heavy (non-hydrogen) atoms. The van der Waals surface area contributed by atoms with E-state index >= 15 is 0 Å². The number of aryl methyl sites for hydroxylation is 2. The molecular formula is C17H18N2O2. The van der Waals surface area contributed by atoms with E-state index in [1.807, 2.05) is 38.1 Å². The molecule has 2 N–H and O–H groups in total. The molecule has 2 aromatic carbocycles. The second-order valence-corrected chi connectivity index (χ2v) is 6.08. The number of aromatic hydroxyl groups is 2. The van der Waals surface area contributed by atoms with E-state index in [4.69, 9.17) is 0 Å². The lowest BCUT2D eigenvalue weighted by Gasteiger charge is -2.46. The van der Waals surface area contributed by atoms with Crippen LogP contribution in [0.5, 0.6) is 11.5 Å². The summed E-state index contributed by atoms with van der Waals surface area (Å²) in [5.74, 6) is 0.660. The molecule has 0 fully saturated rings. The molecule has 0 amide bonds. The highest BCUT2D eigenvalue weighted by Crippen LogP contribution is 2.43. The van der Waals surface area contributed by atoms with Crippen LogP contribution in [-0.4, -0.2) is 16.9 Å². The molecule has 0 atom stereocenters. The number of nitrogens with zero attached hydrogens (tertiary/aromatic N) is 2. The second kappa shape index (κ2) is 4.07. The van der Waals surface area contributed by atoms with Gasteiger partial charge in [0.2, 0.25) is 0 Å². The first-order valence-corrected chi connectivity index (χ1v) is 7.18. The van der Waals surface area contributed by atoms with Crippen LogP contribution in [0.1, 0.15) is 22.3 Å². The molecule has 2 aliphatic heterocycles. The molecule has 0 radical (unpaired) electrons. The van der Waals surface area contributed by atoms with Gasteiger partial charge in [-0.25, -0.2) is 0 Å². The molecule has 108 valence electrons. The summed E-state index contributed by atoms with van der Waals surface area (Å²) in [6.07, 6.45) is 0. The van der Waals surface area contributed by atoms with Crippen LogP contribution in [0, 0.1) is 13.8 Å². The molecule has 2 bridgehead atoms. The van der Waals surface area contributed by atoms with Crippen LogP contribution < -0.4 is 9.80 Å². The lowest BCUT2D eigenvalue weighted by molar-refractivity contribution is 0.472. The topological polar surface area (TPSA) is 46.9 Å². The Bertz CT molecular complexity index is 691. The summed E-state index contributed by atoms with van der Waals surface area (Å²) < 4.78 is 0. The first kappa shape index (κ1) is 12.4. The summed E-state index contributed by atoms with van der Waals surface area (Å²) >= 11 is 0. The normalized spacial score (nSPS) is 15.7. The maximum Gasteiger partial charge on any atom is 0.116 e. The Balaban J connectivity index is 1.89. The zero-order chi connectivity index (χ0) is 14.7. The van der Waals surface area contributed by atoms with Gasteiger partial charge in [-0.3, -0.25) is 0 Å². The first-order valence-electron chi connectivity index (χ1n) is 7.18. The monoisotopic (exact) mass is 282 g/mol. The van der Waals surface area contributed by atoms with Gasteiger partial charge in [-0.05, 0) is 60.4 Å². The number of hydrogen-bond donors (Lipinski definition) is 2. The first-order chi connectivity index (χ1) is 10.0. The van der Waals surface area contributed by atoms with E-state index in [0.29, 0.717) is 11.5 Å². The fourth-order valence-corrected chi connectivity index (χ4v) is 3.83. The van der Waals surface area contributed by atoms with Crippen molar-refractivity contribution in [1.29, 1.82) is 0 Å². The van der Waals surface area contributed by atoms with Crippen molar-refractivity contribution >= 4 is 11.4 Å². The molecular weight excluding hydrogens is 264 g/mol. The van der Waals surface area contributed by atoms with Crippen LogP contribution in [0.15, 0.2) is 24.3 Å². The molecule has 0 unspecified atom stereocenters. The lowest BCUT2D eigenvalue weighted by Crippen LogP contribution is -2.46. The molecule has 0 saturated carbocycles. The SMILES string of the molecule is Cc1cc(O)cc2c1N1Cc3cc(O)cc(C)c3N(C2)C1.